The Labute approximate surface area is 103 Å². The summed E-state index contributed by atoms with van der Waals surface area (Å²) in [4.78, 5) is 11.5. The Morgan fingerprint density at radius 2 is 2.00 bits per heavy atom. The van der Waals surface area contributed by atoms with Gasteiger partial charge in [0.1, 0.15) is 5.75 Å². The molecule has 0 saturated carbocycles. The standard InChI is InChI=1S/C14H21NO2/c1-4-12(3)15-14(16)9-10-17-13-7-5-11(2)6-8-13/h5-8,12H,4,9-10H2,1-3H3,(H,15,16)/t12-/m0/s1. The molecule has 0 radical (unpaired) electrons. The molecular weight excluding hydrogens is 214 g/mol. The van der Waals surface area contributed by atoms with Crippen LogP contribution in [0.3, 0.4) is 0 Å². The Morgan fingerprint density at radius 3 is 2.59 bits per heavy atom. The molecule has 1 aromatic carbocycles. The largest absolute Gasteiger partial charge is 0.493 e. The molecule has 1 aromatic rings. The summed E-state index contributed by atoms with van der Waals surface area (Å²) in [5.74, 6) is 0.860. The number of amides is 1. The maximum atomic E-state index is 11.5. The van der Waals surface area contributed by atoms with Crippen molar-refractivity contribution in [2.45, 2.75) is 39.7 Å². The van der Waals surface area contributed by atoms with E-state index in [4.69, 9.17) is 4.74 Å². The molecule has 1 atom stereocenters. The minimum atomic E-state index is 0.0476. The van der Waals surface area contributed by atoms with Gasteiger partial charge in [0.15, 0.2) is 0 Å². The smallest absolute Gasteiger partial charge is 0.223 e. The molecule has 17 heavy (non-hydrogen) atoms. The first-order chi connectivity index (χ1) is 8.11. The monoisotopic (exact) mass is 235 g/mol. The lowest BCUT2D eigenvalue weighted by Gasteiger charge is -2.11. The number of aryl methyl sites for hydroxylation is 1. The van der Waals surface area contributed by atoms with Gasteiger partial charge < -0.3 is 10.1 Å². The quantitative estimate of drug-likeness (QED) is 0.823. The summed E-state index contributed by atoms with van der Waals surface area (Å²) in [5, 5.41) is 2.91. The van der Waals surface area contributed by atoms with E-state index in [1.54, 1.807) is 0 Å². The topological polar surface area (TPSA) is 38.3 Å². The molecule has 0 spiro atoms. The lowest BCUT2D eigenvalue weighted by atomic mass is 10.2. The third kappa shape index (κ3) is 5.38. The Balaban J connectivity index is 2.23. The summed E-state index contributed by atoms with van der Waals surface area (Å²) in [5.41, 5.74) is 1.20. The number of hydrogen-bond donors (Lipinski definition) is 1. The summed E-state index contributed by atoms with van der Waals surface area (Å²) in [6, 6.07) is 8.06. The maximum Gasteiger partial charge on any atom is 0.223 e. The summed E-state index contributed by atoms with van der Waals surface area (Å²) >= 11 is 0. The maximum absolute atomic E-state index is 11.5. The van der Waals surface area contributed by atoms with Crippen LogP contribution in [0.1, 0.15) is 32.3 Å². The van der Waals surface area contributed by atoms with Gasteiger partial charge in [-0.15, -0.1) is 0 Å². The second-order valence-electron chi connectivity index (χ2n) is 4.29. The van der Waals surface area contributed by atoms with Crippen LogP contribution in [0.15, 0.2) is 24.3 Å². The second-order valence-corrected chi connectivity index (χ2v) is 4.29. The molecule has 0 saturated heterocycles. The van der Waals surface area contributed by atoms with Gasteiger partial charge in [0, 0.05) is 6.04 Å². The normalized spacial score (nSPS) is 11.9. The van der Waals surface area contributed by atoms with E-state index in [1.165, 1.54) is 5.56 Å². The molecule has 0 bridgehead atoms. The summed E-state index contributed by atoms with van der Waals surface area (Å²) in [6.07, 6.45) is 1.35. The third-order valence-corrected chi connectivity index (χ3v) is 2.64. The Kier molecular flexibility index (Phi) is 5.53. The van der Waals surface area contributed by atoms with E-state index in [0.717, 1.165) is 12.2 Å². The van der Waals surface area contributed by atoms with Crippen LogP contribution in [0.25, 0.3) is 0 Å². The molecule has 3 heteroatoms. The zero-order valence-corrected chi connectivity index (χ0v) is 10.8. The number of benzene rings is 1. The van der Waals surface area contributed by atoms with E-state index in [-0.39, 0.29) is 11.9 Å². The number of nitrogens with one attached hydrogen (secondary N) is 1. The van der Waals surface area contributed by atoms with Crippen molar-refractivity contribution in [3.63, 3.8) is 0 Å². The highest BCUT2D eigenvalue weighted by atomic mass is 16.5. The lowest BCUT2D eigenvalue weighted by molar-refractivity contribution is -0.122. The molecule has 0 aromatic heterocycles. The molecule has 0 heterocycles. The predicted octanol–water partition coefficient (Wildman–Crippen LogP) is 2.68. The molecular formula is C14H21NO2. The van der Waals surface area contributed by atoms with Crippen LogP contribution in [0.4, 0.5) is 0 Å². The second kappa shape index (κ2) is 6.94. The van der Waals surface area contributed by atoms with Crippen LogP contribution >= 0.6 is 0 Å². The molecule has 1 N–H and O–H groups in total. The van der Waals surface area contributed by atoms with Crippen LogP contribution in [0, 0.1) is 6.92 Å². The van der Waals surface area contributed by atoms with E-state index in [9.17, 15) is 4.79 Å². The lowest BCUT2D eigenvalue weighted by Crippen LogP contribution is -2.32. The summed E-state index contributed by atoms with van der Waals surface area (Å²) in [7, 11) is 0. The van der Waals surface area contributed by atoms with Gasteiger partial charge in [-0.25, -0.2) is 0 Å². The average Bonchev–Trinajstić information content (AvgIpc) is 2.31. The molecule has 0 aliphatic rings. The van der Waals surface area contributed by atoms with E-state index in [0.29, 0.717) is 13.0 Å². The van der Waals surface area contributed by atoms with E-state index >= 15 is 0 Å². The van der Waals surface area contributed by atoms with E-state index < -0.39 is 0 Å². The fraction of sp³-hybridized carbons (Fsp3) is 0.500. The van der Waals surface area contributed by atoms with Crippen molar-refractivity contribution in [3.05, 3.63) is 29.8 Å². The Hall–Kier alpha value is -1.51. The fourth-order valence-electron chi connectivity index (χ4n) is 1.35. The van der Waals surface area contributed by atoms with Crippen molar-refractivity contribution < 1.29 is 9.53 Å². The highest BCUT2D eigenvalue weighted by Crippen LogP contribution is 2.11. The summed E-state index contributed by atoms with van der Waals surface area (Å²) < 4.78 is 5.49. The SMILES string of the molecule is CC[C@H](C)NC(=O)CCOc1ccc(C)cc1. The first kappa shape index (κ1) is 13.6. The number of hydrogen-bond acceptors (Lipinski definition) is 2. The van der Waals surface area contributed by atoms with Crippen molar-refractivity contribution in [2.75, 3.05) is 6.61 Å². The third-order valence-electron chi connectivity index (χ3n) is 2.64. The van der Waals surface area contributed by atoms with Gasteiger partial charge in [0.25, 0.3) is 0 Å². The molecule has 1 rings (SSSR count). The van der Waals surface area contributed by atoms with Gasteiger partial charge in [-0.1, -0.05) is 24.6 Å². The molecule has 0 fully saturated rings. The molecule has 3 nitrogen and oxygen atoms in total. The minimum absolute atomic E-state index is 0.0476. The van der Waals surface area contributed by atoms with Crippen molar-refractivity contribution in [2.24, 2.45) is 0 Å². The van der Waals surface area contributed by atoms with Gasteiger partial charge in [0.2, 0.25) is 5.91 Å². The van der Waals surface area contributed by atoms with Crippen LogP contribution in [0.2, 0.25) is 0 Å². The molecule has 0 aliphatic carbocycles. The number of carbonyl (C=O) groups excluding carboxylic acids is 1. The first-order valence-electron chi connectivity index (χ1n) is 6.10. The first-order valence-corrected chi connectivity index (χ1v) is 6.10. The molecule has 1 amide bonds. The van der Waals surface area contributed by atoms with Crippen LogP contribution in [-0.4, -0.2) is 18.6 Å². The molecule has 94 valence electrons. The highest BCUT2D eigenvalue weighted by Gasteiger charge is 2.05. The fourth-order valence-corrected chi connectivity index (χ4v) is 1.35. The van der Waals surface area contributed by atoms with Crippen molar-refractivity contribution >= 4 is 5.91 Å². The van der Waals surface area contributed by atoms with Crippen molar-refractivity contribution in [3.8, 4) is 5.75 Å². The zero-order chi connectivity index (χ0) is 12.7. The highest BCUT2D eigenvalue weighted by molar-refractivity contribution is 5.76. The number of ether oxygens (including phenoxy) is 1. The zero-order valence-electron chi connectivity index (χ0n) is 10.8. The van der Waals surface area contributed by atoms with E-state index in [2.05, 4.69) is 5.32 Å². The van der Waals surface area contributed by atoms with Crippen LogP contribution < -0.4 is 10.1 Å². The van der Waals surface area contributed by atoms with Crippen molar-refractivity contribution in [1.29, 1.82) is 0 Å². The Morgan fingerprint density at radius 1 is 1.35 bits per heavy atom. The summed E-state index contributed by atoms with van der Waals surface area (Å²) in [6.45, 7) is 6.50. The van der Waals surface area contributed by atoms with Gasteiger partial charge in [-0.2, -0.15) is 0 Å². The van der Waals surface area contributed by atoms with Crippen molar-refractivity contribution in [1.82, 2.24) is 5.32 Å². The predicted molar refractivity (Wildman–Crippen MR) is 69.2 cm³/mol. The van der Waals surface area contributed by atoms with Crippen LogP contribution in [-0.2, 0) is 4.79 Å². The molecule has 0 aliphatic heterocycles. The van der Waals surface area contributed by atoms with Gasteiger partial charge in [0.05, 0.1) is 13.0 Å². The average molecular weight is 235 g/mol. The van der Waals surface area contributed by atoms with Gasteiger partial charge in [-0.05, 0) is 32.4 Å². The van der Waals surface area contributed by atoms with Gasteiger partial charge in [-0.3, -0.25) is 4.79 Å². The minimum Gasteiger partial charge on any atom is -0.493 e. The number of carbonyl (C=O) groups is 1. The van der Waals surface area contributed by atoms with E-state index in [1.807, 2.05) is 45.0 Å². The molecule has 0 unspecified atom stereocenters. The number of rotatable bonds is 6. The van der Waals surface area contributed by atoms with Gasteiger partial charge >= 0.3 is 0 Å². The van der Waals surface area contributed by atoms with Crippen LogP contribution in [0.5, 0.6) is 5.75 Å². The Bertz CT molecular complexity index is 346.